The first kappa shape index (κ1) is 36.4. The van der Waals surface area contributed by atoms with Crippen LogP contribution in [0.3, 0.4) is 0 Å². The summed E-state index contributed by atoms with van der Waals surface area (Å²) in [5.41, 5.74) is 2.60. The topological polar surface area (TPSA) is 50.2 Å². The number of nitrogens with zero attached hydrogens (tertiary/aromatic N) is 3. The molecule has 0 radical (unpaired) electrons. The molecule has 38 heavy (non-hydrogen) atoms. The second kappa shape index (κ2) is 23.7. The third-order valence-electron chi connectivity index (χ3n) is 4.83. The van der Waals surface area contributed by atoms with Crippen LogP contribution in [0.25, 0.3) is 0 Å². The molecular weight excluding hydrogens is 522 g/mol. The normalized spacial score (nSPS) is 13.4. The smallest absolute Gasteiger partial charge is 0.209 e. The van der Waals surface area contributed by atoms with Crippen LogP contribution in [-0.2, 0) is 11.3 Å². The van der Waals surface area contributed by atoms with Crippen molar-refractivity contribution in [1.29, 1.82) is 0 Å². The lowest BCUT2D eigenvalue weighted by molar-refractivity contribution is -0.117. The average Bonchev–Trinajstić information content (AvgIpc) is 3.65. The highest BCUT2D eigenvalue weighted by molar-refractivity contribution is 6.43. The molecule has 0 bridgehead atoms. The molecule has 5 nitrogen and oxygen atoms in total. The fourth-order valence-corrected chi connectivity index (χ4v) is 3.05. The van der Waals surface area contributed by atoms with Crippen molar-refractivity contribution in [3.63, 3.8) is 0 Å². The lowest BCUT2D eigenvalue weighted by Crippen LogP contribution is -2.15. The predicted molar refractivity (Wildman–Crippen MR) is 161 cm³/mol. The summed E-state index contributed by atoms with van der Waals surface area (Å²) >= 11 is 11.2. The number of rotatable bonds is 3. The van der Waals surface area contributed by atoms with Gasteiger partial charge in [0.25, 0.3) is 0 Å². The molecule has 0 aliphatic carbocycles. The number of carbonyl (C=O) groups excluding carboxylic acids is 1. The van der Waals surface area contributed by atoms with Gasteiger partial charge >= 0.3 is 0 Å². The molecule has 0 saturated carbocycles. The Labute approximate surface area is 237 Å². The lowest BCUT2D eigenvalue weighted by Gasteiger charge is -2.18. The summed E-state index contributed by atoms with van der Waals surface area (Å²) in [4.78, 5) is 11.7. The number of nitrogens with one attached hydrogen (secondary N) is 1. The van der Waals surface area contributed by atoms with E-state index in [1.54, 1.807) is 41.3 Å². The van der Waals surface area contributed by atoms with Gasteiger partial charge in [-0.3, -0.25) is 4.79 Å². The van der Waals surface area contributed by atoms with Crippen molar-refractivity contribution in [1.82, 2.24) is 14.7 Å². The van der Waals surface area contributed by atoms with Crippen molar-refractivity contribution in [2.45, 2.75) is 40.2 Å². The van der Waals surface area contributed by atoms with Gasteiger partial charge in [0.05, 0.1) is 22.8 Å². The second-order valence-electron chi connectivity index (χ2n) is 7.44. The number of terminal acetylenes is 2. The summed E-state index contributed by atoms with van der Waals surface area (Å²) in [5.74, 6) is 0.913. The van der Waals surface area contributed by atoms with E-state index in [9.17, 15) is 9.18 Å². The van der Waals surface area contributed by atoms with E-state index in [4.69, 9.17) is 23.2 Å². The molecule has 1 fully saturated rings. The minimum absolute atomic E-state index is 0.178. The molecule has 1 N–H and O–H groups in total. The van der Waals surface area contributed by atoms with E-state index in [1.807, 2.05) is 23.9 Å². The quantitative estimate of drug-likeness (QED) is 0.239. The van der Waals surface area contributed by atoms with Crippen LogP contribution in [-0.4, -0.2) is 34.2 Å². The van der Waals surface area contributed by atoms with Crippen molar-refractivity contribution in [3.05, 3.63) is 94.6 Å². The summed E-state index contributed by atoms with van der Waals surface area (Å²) in [6.07, 6.45) is 26.1. The highest BCUT2D eigenvalue weighted by atomic mass is 35.5. The number of hydrogen-bond donors (Lipinski definition) is 1. The number of allylic oxidation sites excluding steroid dienone is 7. The second-order valence-corrected chi connectivity index (χ2v) is 8.25. The molecule has 3 heterocycles. The van der Waals surface area contributed by atoms with E-state index in [1.165, 1.54) is 36.2 Å². The van der Waals surface area contributed by atoms with E-state index >= 15 is 0 Å². The molecule has 1 aromatic heterocycles. The van der Waals surface area contributed by atoms with Gasteiger partial charge in [0.1, 0.15) is 11.6 Å². The molecule has 2 aliphatic heterocycles. The van der Waals surface area contributed by atoms with E-state index in [0.29, 0.717) is 10.1 Å². The van der Waals surface area contributed by atoms with E-state index < -0.39 is 0 Å². The third kappa shape index (κ3) is 16.1. The van der Waals surface area contributed by atoms with Crippen molar-refractivity contribution in [2.75, 3.05) is 18.4 Å². The van der Waals surface area contributed by atoms with E-state index in [2.05, 4.69) is 56.5 Å². The maximum atomic E-state index is 11.9. The van der Waals surface area contributed by atoms with Crippen molar-refractivity contribution >= 4 is 35.4 Å². The lowest BCUT2D eigenvalue weighted by atomic mass is 10.2. The van der Waals surface area contributed by atoms with Crippen LogP contribution in [0, 0.1) is 31.5 Å². The van der Waals surface area contributed by atoms with E-state index in [0.717, 1.165) is 31.9 Å². The third-order valence-corrected chi connectivity index (χ3v) is 5.68. The first-order valence-corrected chi connectivity index (χ1v) is 12.4. The zero-order chi connectivity index (χ0) is 29.3. The van der Waals surface area contributed by atoms with Gasteiger partial charge < -0.3 is 10.2 Å². The molecule has 2 aromatic rings. The van der Waals surface area contributed by atoms with Gasteiger partial charge in [0.2, 0.25) is 6.41 Å². The molecule has 1 aromatic carbocycles. The Bertz CT molecular complexity index is 1030. The average molecular weight is 560 g/mol. The molecule has 8 heteroatoms. The summed E-state index contributed by atoms with van der Waals surface area (Å²) in [6.45, 7) is 12.4. The number of benzene rings is 1. The van der Waals surface area contributed by atoms with Crippen molar-refractivity contribution < 1.29 is 9.18 Å². The zero-order valence-corrected chi connectivity index (χ0v) is 23.8. The van der Waals surface area contributed by atoms with Gasteiger partial charge in [-0.25, -0.2) is 9.07 Å². The van der Waals surface area contributed by atoms with Gasteiger partial charge in [0, 0.05) is 24.9 Å². The molecular formula is C30H37Cl2FN4O. The fraction of sp³-hybridized carbons (Fsp3) is 0.267. The summed E-state index contributed by atoms with van der Waals surface area (Å²) in [6, 6.07) is 9.92. The molecule has 204 valence electrons. The van der Waals surface area contributed by atoms with Gasteiger partial charge in [-0.2, -0.15) is 5.10 Å². The number of carbonyl (C=O) groups is 1. The number of aromatic nitrogens is 2. The maximum Gasteiger partial charge on any atom is 0.209 e. The number of hydrogen-bond acceptors (Lipinski definition) is 3. The molecule has 0 unspecified atom stereocenters. The standard InChI is InChI=1S/C8H11N3.C7H8Cl2.C6H5F.C5H9NO.2C2H2/c1-6-5-11-8(3-4-9-11)10-7(6)2;1-3-5-7(9)6(8)4-2;7-6-4-2-1-3-5-6;7-5-6-3-1-2-4-6;2*1-2/h3-4,10H,5H2,1-2H3;3-5H,1H2,2H3;1-5H;5H,1-4H2;2*1-2H/b;6-4+,7-5+;;;;. The molecule has 4 rings (SSSR count). The fourth-order valence-electron chi connectivity index (χ4n) is 2.79. The Morgan fingerprint density at radius 1 is 1.05 bits per heavy atom. The zero-order valence-electron chi connectivity index (χ0n) is 22.3. The van der Waals surface area contributed by atoms with Crippen LogP contribution in [0.5, 0.6) is 0 Å². The highest BCUT2D eigenvalue weighted by Crippen LogP contribution is 2.19. The van der Waals surface area contributed by atoms with Gasteiger partial charge in [0.15, 0.2) is 0 Å². The Kier molecular flexibility index (Phi) is 22.7. The minimum atomic E-state index is -0.178. The van der Waals surface area contributed by atoms with Crippen LogP contribution in [0.1, 0.15) is 33.6 Å². The molecule has 1 amide bonds. The highest BCUT2D eigenvalue weighted by Gasteiger charge is 2.10. The minimum Gasteiger partial charge on any atom is -0.345 e. The van der Waals surface area contributed by atoms with E-state index in [-0.39, 0.29) is 5.82 Å². The van der Waals surface area contributed by atoms with Gasteiger partial charge in [-0.1, -0.05) is 60.1 Å². The van der Waals surface area contributed by atoms with Gasteiger partial charge in [-0.05, 0) is 57.4 Å². The van der Waals surface area contributed by atoms with Crippen LogP contribution in [0.2, 0.25) is 0 Å². The largest absolute Gasteiger partial charge is 0.345 e. The number of fused-ring (bicyclic) bond motifs is 1. The first-order chi connectivity index (χ1) is 18.3. The first-order valence-electron chi connectivity index (χ1n) is 11.6. The predicted octanol–water partition coefficient (Wildman–Crippen LogP) is 7.60. The number of amides is 1. The molecule has 2 aliphatic rings. The SMILES string of the molecule is C#C.C#C.C=C/C=C(Cl)\C(Cl)=C/C.CC1=C(C)Nc2ccnn2C1.Fc1ccccc1.O=CN1CCCC1. The van der Waals surface area contributed by atoms with Crippen LogP contribution in [0.15, 0.2) is 88.7 Å². The molecule has 0 atom stereocenters. The Morgan fingerprint density at radius 3 is 2.05 bits per heavy atom. The number of likely N-dealkylation sites (tertiary alicyclic amines) is 1. The number of anilines is 1. The summed E-state index contributed by atoms with van der Waals surface area (Å²) in [7, 11) is 0. The van der Waals surface area contributed by atoms with Crippen LogP contribution in [0.4, 0.5) is 10.2 Å². The van der Waals surface area contributed by atoms with Crippen LogP contribution >= 0.6 is 23.2 Å². The monoisotopic (exact) mass is 558 g/mol. The van der Waals surface area contributed by atoms with Gasteiger partial charge in [-0.15, -0.1) is 25.7 Å². The maximum absolute atomic E-state index is 11.9. The van der Waals surface area contributed by atoms with Crippen molar-refractivity contribution in [3.8, 4) is 25.7 Å². The molecule has 1 saturated heterocycles. The summed E-state index contributed by atoms with van der Waals surface area (Å²) in [5, 5.41) is 8.51. The molecule has 0 spiro atoms. The Balaban J connectivity index is 0. The Morgan fingerprint density at radius 2 is 1.63 bits per heavy atom. The summed E-state index contributed by atoms with van der Waals surface area (Å²) < 4.78 is 13.9. The van der Waals surface area contributed by atoms with Crippen LogP contribution < -0.4 is 5.32 Å². The van der Waals surface area contributed by atoms with Crippen molar-refractivity contribution in [2.24, 2.45) is 0 Å². The Hall–Kier alpha value is -3.71. The number of halogens is 3.